The van der Waals surface area contributed by atoms with Gasteiger partial charge in [-0.1, -0.05) is 6.08 Å². The van der Waals surface area contributed by atoms with Crippen molar-refractivity contribution >= 4 is 11.8 Å². The van der Waals surface area contributed by atoms with Gasteiger partial charge in [-0.25, -0.2) is 0 Å². The molecular weight excluding hydrogens is 192 g/mol. The molecule has 0 aromatic carbocycles. The summed E-state index contributed by atoms with van der Waals surface area (Å²) in [5, 5.41) is 0. The lowest BCUT2D eigenvalue weighted by atomic mass is 10.0. The van der Waals surface area contributed by atoms with Crippen LogP contribution in [0, 0.1) is 5.92 Å². The molecule has 1 rings (SSSR count). The van der Waals surface area contributed by atoms with Crippen molar-refractivity contribution in [1.82, 2.24) is 0 Å². The number of hydrogen-bond donors (Lipinski definition) is 0. The Hall–Kier alpha value is -1.64. The largest absolute Gasteiger partial charge is 0.469 e. The third-order valence-corrected chi connectivity index (χ3v) is 2.13. The Morgan fingerprint density at radius 1 is 1.40 bits per heavy atom. The number of esters is 1. The molecule has 0 spiro atoms. The molecule has 0 saturated carbocycles. The SMILES string of the molecule is COC(=O)[C@H](C)C=C1C=CC(=[O+]C)C=C1. The maximum Gasteiger partial charge on any atom is 0.343 e. The molecule has 1 atom stereocenters. The predicted molar refractivity (Wildman–Crippen MR) is 58.5 cm³/mol. The quantitative estimate of drug-likeness (QED) is 0.509. The maximum atomic E-state index is 11.2. The van der Waals surface area contributed by atoms with Gasteiger partial charge in [0.2, 0.25) is 0 Å². The van der Waals surface area contributed by atoms with Gasteiger partial charge in [0.15, 0.2) is 0 Å². The average molecular weight is 207 g/mol. The lowest BCUT2D eigenvalue weighted by Crippen LogP contribution is -2.10. The Balaban J connectivity index is 2.72. The zero-order valence-corrected chi connectivity index (χ0v) is 9.19. The molecule has 80 valence electrons. The molecular formula is C12H15O3+. The van der Waals surface area contributed by atoms with Crippen LogP contribution in [-0.2, 0) is 14.0 Å². The van der Waals surface area contributed by atoms with E-state index in [2.05, 4.69) is 4.74 Å². The number of allylic oxidation sites excluding steroid dienone is 5. The monoisotopic (exact) mass is 207 g/mol. The van der Waals surface area contributed by atoms with Crippen molar-refractivity contribution in [2.45, 2.75) is 6.92 Å². The first kappa shape index (κ1) is 11.4. The van der Waals surface area contributed by atoms with Crippen LogP contribution in [0.4, 0.5) is 0 Å². The fourth-order valence-corrected chi connectivity index (χ4v) is 1.26. The lowest BCUT2D eigenvalue weighted by Gasteiger charge is -2.05. The summed E-state index contributed by atoms with van der Waals surface area (Å²) in [6, 6.07) is 0. The smallest absolute Gasteiger partial charge is 0.343 e. The molecule has 0 aromatic rings. The van der Waals surface area contributed by atoms with Gasteiger partial charge >= 0.3 is 11.8 Å². The molecule has 3 nitrogen and oxygen atoms in total. The zero-order chi connectivity index (χ0) is 11.3. The first-order valence-electron chi connectivity index (χ1n) is 4.74. The molecule has 0 amide bonds. The van der Waals surface area contributed by atoms with Crippen LogP contribution in [0.3, 0.4) is 0 Å². The molecule has 15 heavy (non-hydrogen) atoms. The number of methoxy groups -OCH3 is 1. The Morgan fingerprint density at radius 3 is 2.47 bits per heavy atom. The van der Waals surface area contributed by atoms with Crippen LogP contribution in [0.25, 0.3) is 0 Å². The standard InChI is InChI=1S/C12H15O3/c1-9(12(13)15-3)8-10-4-6-11(14-2)7-5-10/h4-9H,1-3H3/q+1/t9-/m1/s1. The van der Waals surface area contributed by atoms with Crippen molar-refractivity contribution in [3.8, 4) is 0 Å². The van der Waals surface area contributed by atoms with Crippen LogP contribution < -0.4 is 0 Å². The lowest BCUT2D eigenvalue weighted by molar-refractivity contribution is -0.417. The van der Waals surface area contributed by atoms with E-state index in [1.165, 1.54) is 7.11 Å². The molecule has 1 aliphatic carbocycles. The fraction of sp³-hybridized carbons (Fsp3) is 0.333. The highest BCUT2D eigenvalue weighted by molar-refractivity contribution is 6.01. The van der Waals surface area contributed by atoms with Crippen molar-refractivity contribution in [2.24, 2.45) is 5.92 Å². The van der Waals surface area contributed by atoms with Gasteiger partial charge in [0.05, 0.1) is 13.0 Å². The van der Waals surface area contributed by atoms with Crippen LogP contribution in [0.15, 0.2) is 36.0 Å². The highest BCUT2D eigenvalue weighted by atomic mass is 16.5. The second-order valence-corrected chi connectivity index (χ2v) is 3.25. The van der Waals surface area contributed by atoms with E-state index < -0.39 is 0 Å². The minimum absolute atomic E-state index is 0.231. The first-order valence-corrected chi connectivity index (χ1v) is 4.74. The number of ketones is 1. The molecule has 0 fully saturated rings. The number of hydrogen-bond acceptors (Lipinski definition) is 2. The highest BCUT2D eigenvalue weighted by Gasteiger charge is 2.11. The minimum atomic E-state index is -0.233. The highest BCUT2D eigenvalue weighted by Crippen LogP contribution is 2.11. The van der Waals surface area contributed by atoms with Crippen molar-refractivity contribution in [2.75, 3.05) is 14.2 Å². The van der Waals surface area contributed by atoms with E-state index >= 15 is 0 Å². The third kappa shape index (κ3) is 3.20. The van der Waals surface area contributed by atoms with Crippen LogP contribution in [0.1, 0.15) is 6.92 Å². The molecule has 0 aliphatic heterocycles. The van der Waals surface area contributed by atoms with Gasteiger partial charge in [0.25, 0.3) is 7.11 Å². The topological polar surface area (TPSA) is 37.6 Å². The summed E-state index contributed by atoms with van der Waals surface area (Å²) in [4.78, 5) is 11.2. The summed E-state index contributed by atoms with van der Waals surface area (Å²) in [6.45, 7) is 1.80. The summed E-state index contributed by atoms with van der Waals surface area (Å²) in [5.74, 6) is 0.340. The summed E-state index contributed by atoms with van der Waals surface area (Å²) < 4.78 is 9.67. The zero-order valence-electron chi connectivity index (χ0n) is 9.19. The molecule has 0 saturated heterocycles. The molecule has 0 heterocycles. The molecule has 0 unspecified atom stereocenters. The Morgan fingerprint density at radius 2 is 2.00 bits per heavy atom. The van der Waals surface area contributed by atoms with E-state index in [1.807, 2.05) is 30.4 Å². The van der Waals surface area contributed by atoms with Gasteiger partial charge in [-0.05, 0) is 24.6 Å². The number of rotatable bonds is 2. The van der Waals surface area contributed by atoms with E-state index in [0.717, 1.165) is 11.4 Å². The summed E-state index contributed by atoms with van der Waals surface area (Å²) in [5.41, 5.74) is 0.980. The molecule has 0 aromatic heterocycles. The van der Waals surface area contributed by atoms with Crippen molar-refractivity contribution in [3.63, 3.8) is 0 Å². The van der Waals surface area contributed by atoms with Gasteiger partial charge in [0, 0.05) is 12.2 Å². The van der Waals surface area contributed by atoms with Gasteiger partial charge in [0.1, 0.15) is 0 Å². The Kier molecular flexibility index (Phi) is 4.03. The van der Waals surface area contributed by atoms with E-state index in [-0.39, 0.29) is 11.9 Å². The van der Waals surface area contributed by atoms with Crippen LogP contribution in [0.5, 0.6) is 0 Å². The van der Waals surface area contributed by atoms with Crippen LogP contribution >= 0.6 is 0 Å². The molecule has 0 radical (unpaired) electrons. The summed E-state index contributed by atoms with van der Waals surface area (Å²) >= 11 is 0. The number of carbonyl (C=O) groups is 1. The molecule has 1 aliphatic rings. The van der Waals surface area contributed by atoms with Crippen molar-refractivity contribution < 1.29 is 14.0 Å². The van der Waals surface area contributed by atoms with Crippen molar-refractivity contribution in [3.05, 3.63) is 36.0 Å². The molecule has 3 heteroatoms. The third-order valence-electron chi connectivity index (χ3n) is 2.13. The maximum absolute atomic E-state index is 11.2. The first-order chi connectivity index (χ1) is 7.17. The fourth-order valence-electron chi connectivity index (χ4n) is 1.26. The predicted octanol–water partition coefficient (Wildman–Crippen LogP) is 1.58. The second-order valence-electron chi connectivity index (χ2n) is 3.25. The summed E-state index contributed by atoms with van der Waals surface area (Å²) in [7, 11) is 3.01. The van der Waals surface area contributed by atoms with Crippen LogP contribution in [0.2, 0.25) is 0 Å². The van der Waals surface area contributed by atoms with Gasteiger partial charge in [-0.2, -0.15) is 0 Å². The minimum Gasteiger partial charge on any atom is -0.469 e. The Labute approximate surface area is 89.4 Å². The van der Waals surface area contributed by atoms with Gasteiger partial charge in [-0.3, -0.25) is 9.22 Å². The molecule has 0 bridgehead atoms. The van der Waals surface area contributed by atoms with E-state index in [4.69, 9.17) is 4.42 Å². The van der Waals surface area contributed by atoms with Gasteiger partial charge in [-0.15, -0.1) is 0 Å². The number of carbonyl (C=O) groups excluding carboxylic acids is 2. The van der Waals surface area contributed by atoms with Gasteiger partial charge < -0.3 is 4.74 Å². The van der Waals surface area contributed by atoms with E-state index in [0.29, 0.717) is 0 Å². The van der Waals surface area contributed by atoms with Crippen molar-refractivity contribution in [1.29, 1.82) is 0 Å². The normalized spacial score (nSPS) is 16.2. The van der Waals surface area contributed by atoms with E-state index in [9.17, 15) is 4.79 Å². The summed E-state index contributed by atoms with van der Waals surface area (Å²) in [6.07, 6.45) is 9.37. The Bertz CT molecular complexity index is 341. The van der Waals surface area contributed by atoms with Crippen LogP contribution in [-0.4, -0.2) is 26.0 Å². The molecule has 0 N–H and O–H groups in total. The second kappa shape index (κ2) is 5.29. The number of ether oxygens (including phenoxy) is 1. The average Bonchev–Trinajstić information content (AvgIpc) is 2.29. The van der Waals surface area contributed by atoms with E-state index in [1.54, 1.807) is 14.0 Å².